The molecule has 0 heterocycles. The van der Waals surface area contributed by atoms with E-state index in [-0.39, 0.29) is 34.6 Å². The summed E-state index contributed by atoms with van der Waals surface area (Å²) in [5, 5.41) is 3.23. The van der Waals surface area contributed by atoms with Gasteiger partial charge in [0, 0.05) is 19.5 Å². The van der Waals surface area contributed by atoms with Gasteiger partial charge in [0.05, 0.1) is 22.0 Å². The summed E-state index contributed by atoms with van der Waals surface area (Å²) in [6.45, 7) is 2.67. The number of sulfonamides is 1. The molecule has 0 spiro atoms. The fraction of sp³-hybridized carbons (Fsp3) is 0.533. The van der Waals surface area contributed by atoms with Crippen molar-refractivity contribution in [2.24, 2.45) is 0 Å². The van der Waals surface area contributed by atoms with Gasteiger partial charge in [-0.15, -0.1) is 0 Å². The van der Waals surface area contributed by atoms with Crippen LogP contribution >= 0.6 is 23.2 Å². The number of benzene rings is 1. The molecule has 8 heteroatoms. The van der Waals surface area contributed by atoms with Crippen LogP contribution < -0.4 is 9.62 Å². The summed E-state index contributed by atoms with van der Waals surface area (Å²) in [6, 6.07) is 4.76. The van der Waals surface area contributed by atoms with Crippen LogP contribution in [0, 0.1) is 0 Å². The van der Waals surface area contributed by atoms with Gasteiger partial charge in [-0.3, -0.25) is 9.10 Å². The van der Waals surface area contributed by atoms with Crippen LogP contribution in [0.2, 0.25) is 10.0 Å². The van der Waals surface area contributed by atoms with Crippen LogP contribution in [0.3, 0.4) is 0 Å². The maximum Gasteiger partial charge on any atom is 0.232 e. The minimum atomic E-state index is -3.60. The van der Waals surface area contributed by atoms with Gasteiger partial charge >= 0.3 is 0 Å². The predicted octanol–water partition coefficient (Wildman–Crippen LogP) is 3.46. The maximum absolute atomic E-state index is 12.0. The van der Waals surface area contributed by atoms with E-state index in [1.54, 1.807) is 18.2 Å². The number of amides is 1. The minimum Gasteiger partial charge on any atom is -0.356 e. The fourth-order valence-electron chi connectivity index (χ4n) is 2.07. The first-order chi connectivity index (χ1) is 10.8. The lowest BCUT2D eigenvalue weighted by Crippen LogP contribution is -2.35. The highest BCUT2D eigenvalue weighted by molar-refractivity contribution is 7.92. The van der Waals surface area contributed by atoms with Crippen molar-refractivity contribution in [1.29, 1.82) is 0 Å². The molecule has 1 rings (SSSR count). The smallest absolute Gasteiger partial charge is 0.232 e. The standard InChI is InChI=1S/C15H22Cl2N2O3S/c1-3-4-5-10-18-14(20)9-11-19(23(2,21)22)15-12(16)7-6-8-13(15)17/h6-8H,3-5,9-11H2,1-2H3,(H,18,20). The van der Waals surface area contributed by atoms with Gasteiger partial charge in [0.25, 0.3) is 0 Å². The molecule has 0 aromatic heterocycles. The Kier molecular flexibility index (Phi) is 8.16. The maximum atomic E-state index is 12.0. The van der Waals surface area contributed by atoms with Gasteiger partial charge in [-0.05, 0) is 18.6 Å². The van der Waals surface area contributed by atoms with Crippen LogP contribution in [0.1, 0.15) is 32.6 Å². The molecule has 1 amide bonds. The normalized spacial score (nSPS) is 11.3. The van der Waals surface area contributed by atoms with Crippen molar-refractivity contribution in [1.82, 2.24) is 5.32 Å². The number of rotatable bonds is 9. The number of carbonyl (C=O) groups excluding carboxylic acids is 1. The molecule has 0 radical (unpaired) electrons. The highest BCUT2D eigenvalue weighted by Crippen LogP contribution is 2.34. The van der Waals surface area contributed by atoms with E-state index in [4.69, 9.17) is 23.2 Å². The Bertz CT molecular complexity index is 615. The Morgan fingerprint density at radius 2 is 1.83 bits per heavy atom. The highest BCUT2D eigenvalue weighted by atomic mass is 35.5. The minimum absolute atomic E-state index is 0.0120. The summed E-state index contributed by atoms with van der Waals surface area (Å²) in [5.74, 6) is -0.196. The second-order valence-corrected chi connectivity index (χ2v) is 7.93. The summed E-state index contributed by atoms with van der Waals surface area (Å²) < 4.78 is 25.1. The first-order valence-electron chi connectivity index (χ1n) is 7.45. The molecule has 0 atom stereocenters. The zero-order valence-corrected chi connectivity index (χ0v) is 15.6. The first-order valence-corrected chi connectivity index (χ1v) is 10.1. The summed E-state index contributed by atoms with van der Waals surface area (Å²) in [6.07, 6.45) is 4.13. The summed E-state index contributed by atoms with van der Waals surface area (Å²) >= 11 is 12.1. The van der Waals surface area contributed by atoms with E-state index in [0.717, 1.165) is 29.8 Å². The SMILES string of the molecule is CCCCCNC(=O)CCN(c1c(Cl)cccc1Cl)S(C)(=O)=O. The Labute approximate surface area is 148 Å². The van der Waals surface area contributed by atoms with Gasteiger partial charge < -0.3 is 5.32 Å². The van der Waals surface area contributed by atoms with Crippen molar-refractivity contribution < 1.29 is 13.2 Å². The lowest BCUT2D eigenvalue weighted by Gasteiger charge is -2.24. The molecule has 23 heavy (non-hydrogen) atoms. The van der Waals surface area contributed by atoms with Crippen LogP contribution in [0.15, 0.2) is 18.2 Å². The molecule has 0 unspecified atom stereocenters. The number of para-hydroxylation sites is 1. The lowest BCUT2D eigenvalue weighted by molar-refractivity contribution is -0.120. The van der Waals surface area contributed by atoms with Crippen LogP contribution in [-0.4, -0.2) is 33.7 Å². The van der Waals surface area contributed by atoms with E-state index < -0.39 is 10.0 Å². The Balaban J connectivity index is 2.77. The number of hydrogen-bond acceptors (Lipinski definition) is 3. The highest BCUT2D eigenvalue weighted by Gasteiger charge is 2.23. The van der Waals surface area contributed by atoms with Crippen LogP contribution in [0.25, 0.3) is 0 Å². The summed E-state index contributed by atoms with van der Waals surface area (Å²) in [7, 11) is -3.60. The van der Waals surface area contributed by atoms with E-state index >= 15 is 0 Å². The van der Waals surface area contributed by atoms with E-state index in [0.29, 0.717) is 6.54 Å². The van der Waals surface area contributed by atoms with E-state index in [1.165, 1.54) is 0 Å². The molecule has 0 aliphatic rings. The van der Waals surface area contributed by atoms with Gasteiger partial charge in [0.2, 0.25) is 15.9 Å². The average Bonchev–Trinajstić information content (AvgIpc) is 2.45. The number of nitrogens with one attached hydrogen (secondary N) is 1. The Morgan fingerprint density at radius 1 is 1.22 bits per heavy atom. The van der Waals surface area contributed by atoms with Crippen molar-refractivity contribution >= 4 is 44.8 Å². The van der Waals surface area contributed by atoms with Gasteiger partial charge in [0.1, 0.15) is 0 Å². The van der Waals surface area contributed by atoms with Crippen LogP contribution in [0.4, 0.5) is 5.69 Å². The first kappa shape index (κ1) is 20.1. The number of anilines is 1. The number of unbranched alkanes of at least 4 members (excludes halogenated alkanes) is 2. The van der Waals surface area contributed by atoms with Crippen molar-refractivity contribution in [3.05, 3.63) is 28.2 Å². The molecule has 0 saturated heterocycles. The van der Waals surface area contributed by atoms with E-state index in [2.05, 4.69) is 12.2 Å². The zero-order valence-electron chi connectivity index (χ0n) is 13.3. The lowest BCUT2D eigenvalue weighted by atomic mass is 10.2. The molecule has 0 saturated carbocycles. The van der Waals surface area contributed by atoms with Crippen molar-refractivity contribution in [3.63, 3.8) is 0 Å². The summed E-state index contributed by atoms with van der Waals surface area (Å²) in [4.78, 5) is 11.8. The monoisotopic (exact) mass is 380 g/mol. The average molecular weight is 381 g/mol. The van der Waals surface area contributed by atoms with E-state index in [9.17, 15) is 13.2 Å². The third-order valence-corrected chi connectivity index (χ3v) is 5.01. The van der Waals surface area contributed by atoms with E-state index in [1.807, 2.05) is 0 Å². The largest absolute Gasteiger partial charge is 0.356 e. The van der Waals surface area contributed by atoms with Crippen LogP contribution in [0.5, 0.6) is 0 Å². The molecule has 1 aromatic carbocycles. The van der Waals surface area contributed by atoms with Crippen molar-refractivity contribution in [2.45, 2.75) is 32.6 Å². The number of hydrogen-bond donors (Lipinski definition) is 1. The van der Waals surface area contributed by atoms with Gasteiger partial charge in [0.15, 0.2) is 0 Å². The Hall–Kier alpha value is -0.980. The zero-order chi connectivity index (χ0) is 17.5. The fourth-order valence-corrected chi connectivity index (χ4v) is 3.72. The van der Waals surface area contributed by atoms with Crippen molar-refractivity contribution in [2.75, 3.05) is 23.7 Å². The molecule has 0 bridgehead atoms. The van der Waals surface area contributed by atoms with Gasteiger partial charge in [-0.1, -0.05) is 49.0 Å². The molecule has 130 valence electrons. The molecule has 0 aliphatic carbocycles. The van der Waals surface area contributed by atoms with Crippen LogP contribution in [-0.2, 0) is 14.8 Å². The van der Waals surface area contributed by atoms with Gasteiger partial charge in [-0.2, -0.15) is 0 Å². The third kappa shape index (κ3) is 6.57. The number of carbonyl (C=O) groups is 1. The third-order valence-electron chi connectivity index (χ3n) is 3.23. The quantitative estimate of drug-likeness (QED) is 0.667. The number of nitrogens with zero attached hydrogens (tertiary/aromatic N) is 1. The van der Waals surface area contributed by atoms with Crippen molar-refractivity contribution in [3.8, 4) is 0 Å². The molecular formula is C15H22Cl2N2O3S. The number of halogens is 2. The molecule has 1 N–H and O–H groups in total. The second kappa shape index (κ2) is 9.35. The topological polar surface area (TPSA) is 66.5 Å². The molecule has 1 aromatic rings. The molecule has 0 aliphatic heterocycles. The molecule has 0 fully saturated rings. The second-order valence-electron chi connectivity index (χ2n) is 5.21. The molecular weight excluding hydrogens is 359 g/mol. The summed E-state index contributed by atoms with van der Waals surface area (Å²) in [5.41, 5.74) is 0.206. The van der Waals surface area contributed by atoms with Gasteiger partial charge in [-0.25, -0.2) is 8.42 Å². The predicted molar refractivity (Wildman–Crippen MR) is 95.8 cm³/mol. The Morgan fingerprint density at radius 3 is 2.35 bits per heavy atom. The molecule has 5 nitrogen and oxygen atoms in total.